The smallest absolute Gasteiger partial charge is 0.222 e. The Labute approximate surface area is 162 Å². The standard InChI is InChI=1S/C20H30N2O4S/c1-4-6-11-27(24,25)21-12-16-13-22(19(23)5-2)20(18(16)14-21)15-7-9-17(26-3)10-8-15/h7-10,16,18,20H,4-6,11-14H2,1-3H3/t16-,18-,20-/m0/s1. The lowest BCUT2D eigenvalue weighted by atomic mass is 9.89. The van der Waals surface area contributed by atoms with E-state index in [0.29, 0.717) is 32.5 Å². The SMILES string of the molecule is CCCCS(=O)(=O)N1C[C@H]2CN(C(=O)CC)[C@@H](c3ccc(OC)cc3)[C@H]2C1. The summed E-state index contributed by atoms with van der Waals surface area (Å²) in [6, 6.07) is 7.73. The molecule has 3 rings (SSSR count). The van der Waals surface area contributed by atoms with E-state index in [2.05, 4.69) is 0 Å². The lowest BCUT2D eigenvalue weighted by Gasteiger charge is -2.29. The molecular formula is C20H30N2O4S. The van der Waals surface area contributed by atoms with Gasteiger partial charge in [0, 0.05) is 32.0 Å². The number of unbranched alkanes of at least 4 members (excludes halogenated alkanes) is 1. The summed E-state index contributed by atoms with van der Waals surface area (Å²) < 4.78 is 32.2. The maximum Gasteiger partial charge on any atom is 0.222 e. The van der Waals surface area contributed by atoms with Gasteiger partial charge >= 0.3 is 0 Å². The number of fused-ring (bicyclic) bond motifs is 1. The summed E-state index contributed by atoms with van der Waals surface area (Å²) in [5.41, 5.74) is 1.05. The maximum absolute atomic E-state index is 12.6. The zero-order chi connectivity index (χ0) is 19.6. The van der Waals surface area contributed by atoms with Crippen LogP contribution in [0.25, 0.3) is 0 Å². The summed E-state index contributed by atoms with van der Waals surface area (Å²) in [5.74, 6) is 1.46. The molecule has 2 heterocycles. The molecular weight excluding hydrogens is 364 g/mol. The van der Waals surface area contributed by atoms with Crippen molar-refractivity contribution in [2.75, 3.05) is 32.5 Å². The third-order valence-corrected chi connectivity index (χ3v) is 7.75. The number of carbonyl (C=O) groups is 1. The van der Waals surface area contributed by atoms with E-state index in [1.54, 1.807) is 11.4 Å². The van der Waals surface area contributed by atoms with Crippen LogP contribution < -0.4 is 4.74 Å². The van der Waals surface area contributed by atoms with Crippen molar-refractivity contribution in [3.05, 3.63) is 29.8 Å². The van der Waals surface area contributed by atoms with Crippen molar-refractivity contribution in [3.63, 3.8) is 0 Å². The molecule has 1 aromatic carbocycles. The highest BCUT2D eigenvalue weighted by Gasteiger charge is 2.50. The summed E-state index contributed by atoms with van der Waals surface area (Å²) in [7, 11) is -1.59. The summed E-state index contributed by atoms with van der Waals surface area (Å²) in [6.45, 7) is 5.54. The van der Waals surface area contributed by atoms with Gasteiger partial charge in [0.15, 0.2) is 0 Å². The zero-order valence-electron chi connectivity index (χ0n) is 16.4. The predicted octanol–water partition coefficient (Wildman–Crippen LogP) is 2.67. The molecule has 1 aromatic rings. The molecule has 7 heteroatoms. The molecule has 0 spiro atoms. The number of benzene rings is 1. The molecule has 2 saturated heterocycles. The first-order valence-corrected chi connectivity index (χ1v) is 11.4. The zero-order valence-corrected chi connectivity index (χ0v) is 17.2. The Bertz CT molecular complexity index is 763. The van der Waals surface area contributed by atoms with Gasteiger partial charge in [-0.3, -0.25) is 4.79 Å². The Kier molecular flexibility index (Phi) is 6.11. The van der Waals surface area contributed by atoms with E-state index in [1.165, 1.54) is 0 Å². The lowest BCUT2D eigenvalue weighted by Crippen LogP contribution is -2.37. The van der Waals surface area contributed by atoms with Crippen LogP contribution in [0.2, 0.25) is 0 Å². The molecule has 1 amide bonds. The molecule has 0 N–H and O–H groups in total. The fraction of sp³-hybridized carbons (Fsp3) is 0.650. The average molecular weight is 395 g/mol. The molecule has 0 saturated carbocycles. The number of hydrogen-bond donors (Lipinski definition) is 0. The van der Waals surface area contributed by atoms with E-state index in [9.17, 15) is 13.2 Å². The van der Waals surface area contributed by atoms with Crippen molar-refractivity contribution in [2.24, 2.45) is 11.8 Å². The van der Waals surface area contributed by atoms with Crippen LogP contribution in [0.15, 0.2) is 24.3 Å². The minimum Gasteiger partial charge on any atom is -0.497 e. The number of ether oxygens (including phenoxy) is 1. The van der Waals surface area contributed by atoms with Gasteiger partial charge in [0.1, 0.15) is 5.75 Å². The van der Waals surface area contributed by atoms with Gasteiger partial charge < -0.3 is 9.64 Å². The number of nitrogens with zero attached hydrogens (tertiary/aromatic N) is 2. The van der Waals surface area contributed by atoms with Gasteiger partial charge in [0.2, 0.25) is 15.9 Å². The molecule has 2 aliphatic rings. The molecule has 0 unspecified atom stereocenters. The highest BCUT2D eigenvalue weighted by Crippen LogP contribution is 2.46. The lowest BCUT2D eigenvalue weighted by molar-refractivity contribution is -0.132. The number of likely N-dealkylation sites (tertiary alicyclic amines) is 1. The van der Waals surface area contributed by atoms with Gasteiger partial charge in [-0.1, -0.05) is 32.4 Å². The third kappa shape index (κ3) is 3.99. The highest BCUT2D eigenvalue weighted by atomic mass is 32.2. The second-order valence-corrected chi connectivity index (χ2v) is 9.62. The van der Waals surface area contributed by atoms with E-state index in [-0.39, 0.29) is 29.5 Å². The van der Waals surface area contributed by atoms with Crippen LogP contribution in [0.4, 0.5) is 0 Å². The van der Waals surface area contributed by atoms with Crippen LogP contribution in [0.3, 0.4) is 0 Å². The largest absolute Gasteiger partial charge is 0.497 e. The quantitative estimate of drug-likeness (QED) is 0.713. The summed E-state index contributed by atoms with van der Waals surface area (Å²) >= 11 is 0. The summed E-state index contributed by atoms with van der Waals surface area (Å²) in [6.07, 6.45) is 2.02. The molecule has 6 nitrogen and oxygen atoms in total. The Morgan fingerprint density at radius 3 is 2.44 bits per heavy atom. The number of sulfonamides is 1. The van der Waals surface area contributed by atoms with E-state index in [0.717, 1.165) is 17.7 Å². The molecule has 0 aromatic heterocycles. The van der Waals surface area contributed by atoms with E-state index in [1.807, 2.05) is 43.0 Å². The number of carbonyl (C=O) groups excluding carboxylic acids is 1. The fourth-order valence-corrected chi connectivity index (χ4v) is 6.10. The normalized spacial score (nSPS) is 25.6. The van der Waals surface area contributed by atoms with Crippen LogP contribution >= 0.6 is 0 Å². The van der Waals surface area contributed by atoms with E-state index < -0.39 is 10.0 Å². The molecule has 2 fully saturated rings. The Morgan fingerprint density at radius 2 is 1.85 bits per heavy atom. The van der Waals surface area contributed by atoms with Crippen molar-refractivity contribution in [2.45, 2.75) is 39.2 Å². The second kappa shape index (κ2) is 8.19. The van der Waals surface area contributed by atoms with Crippen molar-refractivity contribution in [1.29, 1.82) is 0 Å². The number of amides is 1. The first kappa shape index (κ1) is 20.1. The first-order valence-electron chi connectivity index (χ1n) is 9.82. The summed E-state index contributed by atoms with van der Waals surface area (Å²) in [5, 5.41) is 0. The maximum atomic E-state index is 12.6. The van der Waals surface area contributed by atoms with Crippen LogP contribution in [-0.4, -0.2) is 56.0 Å². The van der Waals surface area contributed by atoms with Crippen LogP contribution in [0.1, 0.15) is 44.7 Å². The first-order chi connectivity index (χ1) is 12.9. The summed E-state index contributed by atoms with van der Waals surface area (Å²) in [4.78, 5) is 14.5. The van der Waals surface area contributed by atoms with Crippen LogP contribution in [0.5, 0.6) is 5.75 Å². The Morgan fingerprint density at radius 1 is 1.15 bits per heavy atom. The second-order valence-electron chi connectivity index (χ2n) is 7.53. The van der Waals surface area contributed by atoms with Gasteiger partial charge in [0.25, 0.3) is 0 Å². The fourth-order valence-electron chi connectivity index (χ4n) is 4.38. The van der Waals surface area contributed by atoms with Gasteiger partial charge in [-0.2, -0.15) is 0 Å². The minimum atomic E-state index is -3.21. The molecule has 27 heavy (non-hydrogen) atoms. The van der Waals surface area contributed by atoms with Crippen molar-refractivity contribution in [3.8, 4) is 5.75 Å². The molecule has 3 atom stereocenters. The number of methoxy groups -OCH3 is 1. The Hall–Kier alpha value is -1.60. The van der Waals surface area contributed by atoms with Gasteiger partial charge in [-0.05, 0) is 30.0 Å². The number of hydrogen-bond acceptors (Lipinski definition) is 4. The molecule has 0 aliphatic carbocycles. The van der Waals surface area contributed by atoms with Crippen LogP contribution in [-0.2, 0) is 14.8 Å². The number of rotatable bonds is 7. The molecule has 150 valence electrons. The van der Waals surface area contributed by atoms with Gasteiger partial charge in [0.05, 0.1) is 18.9 Å². The van der Waals surface area contributed by atoms with Crippen molar-refractivity contribution >= 4 is 15.9 Å². The van der Waals surface area contributed by atoms with E-state index >= 15 is 0 Å². The average Bonchev–Trinajstić information content (AvgIpc) is 3.24. The highest BCUT2D eigenvalue weighted by molar-refractivity contribution is 7.89. The minimum absolute atomic E-state index is 0.0697. The monoisotopic (exact) mass is 394 g/mol. The van der Waals surface area contributed by atoms with Crippen molar-refractivity contribution in [1.82, 2.24) is 9.21 Å². The van der Waals surface area contributed by atoms with Crippen molar-refractivity contribution < 1.29 is 17.9 Å². The topological polar surface area (TPSA) is 66.9 Å². The molecule has 0 radical (unpaired) electrons. The van der Waals surface area contributed by atoms with Gasteiger partial charge in [-0.15, -0.1) is 0 Å². The van der Waals surface area contributed by atoms with Crippen LogP contribution in [0, 0.1) is 11.8 Å². The van der Waals surface area contributed by atoms with Gasteiger partial charge in [-0.25, -0.2) is 12.7 Å². The third-order valence-electron chi connectivity index (χ3n) is 5.86. The Balaban J connectivity index is 1.85. The molecule has 2 aliphatic heterocycles. The molecule has 0 bridgehead atoms. The van der Waals surface area contributed by atoms with E-state index in [4.69, 9.17) is 4.74 Å². The predicted molar refractivity (Wildman–Crippen MR) is 105 cm³/mol.